The summed E-state index contributed by atoms with van der Waals surface area (Å²) in [6, 6.07) is 12.2. The van der Waals surface area contributed by atoms with Crippen LogP contribution in [-0.2, 0) is 9.59 Å². The summed E-state index contributed by atoms with van der Waals surface area (Å²) in [6.07, 6.45) is 13.5. The zero-order valence-corrected chi connectivity index (χ0v) is 22.0. The summed E-state index contributed by atoms with van der Waals surface area (Å²) >= 11 is 0. The summed E-state index contributed by atoms with van der Waals surface area (Å²) in [5.41, 5.74) is 2.99. The van der Waals surface area contributed by atoms with Crippen LogP contribution in [0, 0.1) is 11.8 Å². The fraction of sp³-hybridized carbons (Fsp3) is 0.484. The maximum atomic E-state index is 14.1. The molecule has 1 amide bonds. The number of benzene rings is 1. The minimum Gasteiger partial charge on any atom is -0.335 e. The van der Waals surface area contributed by atoms with E-state index in [1.165, 1.54) is 6.42 Å². The van der Waals surface area contributed by atoms with Crippen LogP contribution in [0.2, 0.25) is 0 Å². The predicted octanol–water partition coefficient (Wildman–Crippen LogP) is 5.72. The second-order valence-electron chi connectivity index (χ2n) is 10.8. The number of likely N-dealkylation sites (tertiary alicyclic amines) is 1. The van der Waals surface area contributed by atoms with Gasteiger partial charge in [0.05, 0.1) is 17.8 Å². The van der Waals surface area contributed by atoms with Crippen molar-refractivity contribution in [2.24, 2.45) is 11.8 Å². The number of likely N-dealkylation sites (N-methyl/N-ethyl adjacent to an activating group) is 1. The maximum absolute atomic E-state index is 14.1. The van der Waals surface area contributed by atoms with E-state index in [1.807, 2.05) is 50.8 Å². The van der Waals surface area contributed by atoms with E-state index in [0.717, 1.165) is 72.7 Å². The summed E-state index contributed by atoms with van der Waals surface area (Å²) < 4.78 is 0. The molecule has 1 saturated heterocycles. The van der Waals surface area contributed by atoms with Crippen LogP contribution < -0.4 is 5.32 Å². The van der Waals surface area contributed by atoms with Crippen molar-refractivity contribution in [2.75, 3.05) is 13.6 Å². The number of hydrogen-bond donors (Lipinski definition) is 1. The Morgan fingerprint density at radius 1 is 1.05 bits per heavy atom. The Morgan fingerprint density at radius 2 is 1.86 bits per heavy atom. The minimum atomic E-state index is -0.231. The Bertz CT molecular complexity index is 1250. The molecule has 194 valence electrons. The van der Waals surface area contributed by atoms with Gasteiger partial charge in [-0.1, -0.05) is 43.5 Å². The standard InChI is InChI=1S/C31H38N4O2/c1-21(32-2)30(36)18-26(22-9-4-3-5-10-22)31(37)35-16-8-13-29(35)23-14-15-34-28(17-23)27-20-33-19-24-11-6-7-12-25(24)27/h6-7,11-12,14-15,17,19-22,26,29,32H,3-5,8-10,13,16,18H2,1-2H3. The number of nitrogens with zero attached hydrogens (tertiary/aromatic N) is 3. The maximum Gasteiger partial charge on any atom is 0.226 e. The van der Waals surface area contributed by atoms with Crippen molar-refractivity contribution in [3.05, 3.63) is 60.6 Å². The summed E-state index contributed by atoms with van der Waals surface area (Å²) in [7, 11) is 1.81. The highest BCUT2D eigenvalue weighted by Crippen LogP contribution is 2.39. The average molecular weight is 499 g/mol. The van der Waals surface area contributed by atoms with Crippen molar-refractivity contribution < 1.29 is 9.59 Å². The molecule has 2 aromatic heterocycles. The monoisotopic (exact) mass is 498 g/mol. The van der Waals surface area contributed by atoms with Crippen molar-refractivity contribution >= 4 is 22.5 Å². The van der Waals surface area contributed by atoms with Gasteiger partial charge in [-0.05, 0) is 68.7 Å². The normalized spacial score (nSPS) is 20.2. The zero-order chi connectivity index (χ0) is 25.8. The van der Waals surface area contributed by atoms with Crippen molar-refractivity contribution in [3.8, 4) is 11.3 Å². The number of fused-ring (bicyclic) bond motifs is 1. The topological polar surface area (TPSA) is 75.2 Å². The number of hydrogen-bond acceptors (Lipinski definition) is 5. The number of rotatable bonds is 8. The van der Waals surface area contributed by atoms with Gasteiger partial charge in [-0.15, -0.1) is 0 Å². The summed E-state index contributed by atoms with van der Waals surface area (Å²) in [6.45, 7) is 2.64. The molecular formula is C31H38N4O2. The Kier molecular flexibility index (Phi) is 7.94. The van der Waals surface area contributed by atoms with Crippen molar-refractivity contribution in [3.63, 3.8) is 0 Å². The lowest BCUT2D eigenvalue weighted by Crippen LogP contribution is -2.42. The number of carbonyl (C=O) groups is 2. The van der Waals surface area contributed by atoms with E-state index >= 15 is 0 Å². The number of Topliss-reactive ketones (excluding diaryl/α,β-unsaturated/α-hetero) is 1. The Morgan fingerprint density at radius 3 is 2.68 bits per heavy atom. The Hall–Kier alpha value is -3.12. The number of amides is 1. The van der Waals surface area contributed by atoms with Crippen LogP contribution in [0.1, 0.15) is 69.9 Å². The molecule has 3 aromatic rings. The Balaban J connectivity index is 1.43. The van der Waals surface area contributed by atoms with E-state index in [2.05, 4.69) is 38.4 Å². The van der Waals surface area contributed by atoms with Crippen molar-refractivity contribution in [1.82, 2.24) is 20.2 Å². The third kappa shape index (κ3) is 5.45. The van der Waals surface area contributed by atoms with Gasteiger partial charge in [-0.2, -0.15) is 0 Å². The van der Waals surface area contributed by atoms with Crippen molar-refractivity contribution in [1.29, 1.82) is 0 Å². The lowest BCUT2D eigenvalue weighted by Gasteiger charge is -2.35. The number of aromatic nitrogens is 2. The van der Waals surface area contributed by atoms with Gasteiger partial charge in [0.25, 0.3) is 0 Å². The van der Waals surface area contributed by atoms with E-state index in [9.17, 15) is 9.59 Å². The van der Waals surface area contributed by atoms with E-state index < -0.39 is 0 Å². The second kappa shape index (κ2) is 11.5. The Labute approximate surface area is 219 Å². The summed E-state index contributed by atoms with van der Waals surface area (Å²) in [5.74, 6) is 0.367. The lowest BCUT2D eigenvalue weighted by molar-refractivity contribution is -0.141. The smallest absolute Gasteiger partial charge is 0.226 e. The highest BCUT2D eigenvalue weighted by Gasteiger charge is 2.39. The largest absolute Gasteiger partial charge is 0.335 e. The molecule has 3 atom stereocenters. The first-order valence-corrected chi connectivity index (χ1v) is 13.9. The molecule has 1 aliphatic carbocycles. The third-order valence-corrected chi connectivity index (χ3v) is 8.52. The van der Waals surface area contributed by atoms with Gasteiger partial charge in [0.15, 0.2) is 0 Å². The van der Waals surface area contributed by atoms with Crippen LogP contribution >= 0.6 is 0 Å². The highest BCUT2D eigenvalue weighted by molar-refractivity contribution is 5.95. The molecule has 0 bridgehead atoms. The molecule has 1 saturated carbocycles. The van der Waals surface area contributed by atoms with E-state index in [0.29, 0.717) is 12.3 Å². The minimum absolute atomic E-state index is 0.0140. The molecule has 3 heterocycles. The lowest BCUT2D eigenvalue weighted by atomic mass is 9.76. The molecule has 6 nitrogen and oxygen atoms in total. The molecule has 37 heavy (non-hydrogen) atoms. The average Bonchev–Trinajstić information content (AvgIpc) is 3.45. The predicted molar refractivity (Wildman–Crippen MR) is 147 cm³/mol. The highest BCUT2D eigenvalue weighted by atomic mass is 16.2. The van der Waals surface area contributed by atoms with Gasteiger partial charge in [0.2, 0.25) is 5.91 Å². The molecule has 2 aliphatic rings. The van der Waals surface area contributed by atoms with Crippen LogP contribution in [0.4, 0.5) is 0 Å². The zero-order valence-electron chi connectivity index (χ0n) is 22.0. The molecule has 6 heteroatoms. The van der Waals surface area contributed by atoms with E-state index in [-0.39, 0.29) is 29.7 Å². The van der Waals surface area contributed by atoms with Gasteiger partial charge in [0, 0.05) is 48.4 Å². The van der Waals surface area contributed by atoms with E-state index in [1.54, 1.807) is 0 Å². The molecule has 0 radical (unpaired) electrons. The fourth-order valence-corrected chi connectivity index (χ4v) is 6.26. The fourth-order valence-electron chi connectivity index (χ4n) is 6.26. The quantitative estimate of drug-likeness (QED) is 0.430. The third-order valence-electron chi connectivity index (χ3n) is 8.52. The SMILES string of the molecule is CNC(C)C(=O)CC(C(=O)N1CCCC1c1ccnc(-c2cncc3ccccc23)c1)C1CCCCC1. The van der Waals surface area contributed by atoms with Crippen molar-refractivity contribution in [2.45, 2.75) is 70.4 Å². The van der Waals surface area contributed by atoms with Crippen LogP contribution in [0.3, 0.4) is 0 Å². The summed E-state index contributed by atoms with van der Waals surface area (Å²) in [5, 5.41) is 5.27. The number of nitrogens with one attached hydrogen (secondary N) is 1. The van der Waals surface area contributed by atoms with E-state index in [4.69, 9.17) is 0 Å². The molecule has 0 spiro atoms. The van der Waals surface area contributed by atoms with Gasteiger partial charge in [0.1, 0.15) is 5.78 Å². The second-order valence-corrected chi connectivity index (χ2v) is 10.8. The van der Waals surface area contributed by atoms with Crippen LogP contribution in [0.5, 0.6) is 0 Å². The van der Waals surface area contributed by atoms with Gasteiger partial charge >= 0.3 is 0 Å². The number of pyridine rings is 2. The van der Waals surface area contributed by atoms with Crippen LogP contribution in [0.25, 0.3) is 22.0 Å². The van der Waals surface area contributed by atoms with Gasteiger partial charge in [-0.25, -0.2) is 0 Å². The molecular weight excluding hydrogens is 460 g/mol. The molecule has 1 aromatic carbocycles. The summed E-state index contributed by atoms with van der Waals surface area (Å²) in [4.78, 5) is 38.3. The number of carbonyl (C=O) groups excluding carboxylic acids is 2. The molecule has 1 N–H and O–H groups in total. The van der Waals surface area contributed by atoms with Crippen LogP contribution in [-0.4, -0.2) is 46.2 Å². The molecule has 2 fully saturated rings. The van der Waals surface area contributed by atoms with Crippen LogP contribution in [0.15, 0.2) is 55.0 Å². The first kappa shape index (κ1) is 25.5. The molecule has 3 unspecified atom stereocenters. The molecule has 5 rings (SSSR count). The van der Waals surface area contributed by atoms with Gasteiger partial charge in [-0.3, -0.25) is 19.6 Å². The van der Waals surface area contributed by atoms with Gasteiger partial charge < -0.3 is 10.2 Å². The number of ketones is 1. The molecule has 1 aliphatic heterocycles. The first-order valence-electron chi connectivity index (χ1n) is 13.9. The first-order chi connectivity index (χ1) is 18.1.